The highest BCUT2D eigenvalue weighted by atomic mass is 16.5. The van der Waals surface area contributed by atoms with Crippen LogP contribution in [0, 0.1) is 0 Å². The first-order valence-electron chi connectivity index (χ1n) is 9.85. The summed E-state index contributed by atoms with van der Waals surface area (Å²) in [6, 6.07) is 16.0. The average Bonchev–Trinajstić information content (AvgIpc) is 3.11. The lowest BCUT2D eigenvalue weighted by molar-refractivity contribution is -0.121. The number of aryl methyl sites for hydroxylation is 1. The van der Waals surface area contributed by atoms with Crippen LogP contribution in [0.15, 0.2) is 54.7 Å². The summed E-state index contributed by atoms with van der Waals surface area (Å²) in [6.45, 7) is 7.67. The zero-order chi connectivity index (χ0) is 19.9. The summed E-state index contributed by atoms with van der Waals surface area (Å²) >= 11 is 0. The van der Waals surface area contributed by atoms with Crippen molar-refractivity contribution in [3.8, 4) is 11.5 Å². The molecule has 0 unspecified atom stereocenters. The lowest BCUT2D eigenvalue weighted by atomic mass is 10.1. The maximum Gasteiger partial charge on any atom is 0.222 e. The fraction of sp³-hybridized carbons (Fsp3) is 0.348. The van der Waals surface area contributed by atoms with Crippen LogP contribution in [0.5, 0.6) is 11.5 Å². The Morgan fingerprint density at radius 1 is 1.04 bits per heavy atom. The van der Waals surface area contributed by atoms with Gasteiger partial charge in [0.25, 0.3) is 0 Å². The number of rotatable bonds is 9. The van der Waals surface area contributed by atoms with Crippen LogP contribution in [0.25, 0.3) is 10.9 Å². The number of nitrogens with one attached hydrogen (secondary N) is 1. The Balaban J connectivity index is 1.61. The predicted molar refractivity (Wildman–Crippen MR) is 112 cm³/mol. The van der Waals surface area contributed by atoms with Gasteiger partial charge in [-0.25, -0.2) is 0 Å². The first kappa shape index (κ1) is 19.8. The Morgan fingerprint density at radius 3 is 2.57 bits per heavy atom. The monoisotopic (exact) mass is 380 g/mol. The van der Waals surface area contributed by atoms with Crippen molar-refractivity contribution in [3.63, 3.8) is 0 Å². The summed E-state index contributed by atoms with van der Waals surface area (Å²) < 4.78 is 13.4. The highest BCUT2D eigenvalue weighted by Crippen LogP contribution is 2.30. The molecule has 1 amide bonds. The van der Waals surface area contributed by atoms with Gasteiger partial charge in [0.2, 0.25) is 5.91 Å². The molecule has 1 atom stereocenters. The number of hydrogen-bond acceptors (Lipinski definition) is 3. The summed E-state index contributed by atoms with van der Waals surface area (Å²) in [4.78, 5) is 12.5. The lowest BCUT2D eigenvalue weighted by Crippen LogP contribution is -2.27. The van der Waals surface area contributed by atoms with Crippen LogP contribution >= 0.6 is 0 Å². The third-order valence-corrected chi connectivity index (χ3v) is 4.70. The zero-order valence-electron chi connectivity index (χ0n) is 16.8. The van der Waals surface area contributed by atoms with E-state index in [1.807, 2.05) is 57.3 Å². The Bertz CT molecular complexity index is 932. The Kier molecular flexibility index (Phi) is 6.58. The molecule has 5 nitrogen and oxygen atoms in total. The highest BCUT2D eigenvalue weighted by Gasteiger charge is 2.13. The van der Waals surface area contributed by atoms with Crippen molar-refractivity contribution in [2.45, 2.75) is 39.8 Å². The molecule has 28 heavy (non-hydrogen) atoms. The zero-order valence-corrected chi connectivity index (χ0v) is 16.8. The molecule has 0 saturated heterocycles. The minimum atomic E-state index is -0.108. The van der Waals surface area contributed by atoms with Crippen LogP contribution < -0.4 is 14.8 Å². The van der Waals surface area contributed by atoms with E-state index >= 15 is 0 Å². The second-order valence-electron chi connectivity index (χ2n) is 6.68. The molecule has 0 aliphatic carbocycles. The van der Waals surface area contributed by atoms with Gasteiger partial charge in [-0.1, -0.05) is 24.3 Å². The summed E-state index contributed by atoms with van der Waals surface area (Å²) in [5.74, 6) is 1.46. The first-order valence-corrected chi connectivity index (χ1v) is 9.85. The van der Waals surface area contributed by atoms with E-state index in [4.69, 9.17) is 9.47 Å². The Labute approximate surface area is 166 Å². The van der Waals surface area contributed by atoms with Gasteiger partial charge in [0.15, 0.2) is 11.5 Å². The Hall–Kier alpha value is -2.95. The molecule has 1 N–H and O–H groups in total. The van der Waals surface area contributed by atoms with Crippen LogP contribution in [0.2, 0.25) is 0 Å². The summed E-state index contributed by atoms with van der Waals surface area (Å²) in [5.41, 5.74) is 2.14. The maximum atomic E-state index is 12.5. The second-order valence-corrected chi connectivity index (χ2v) is 6.68. The number of carbonyl (C=O) groups excluding carboxylic acids is 1. The van der Waals surface area contributed by atoms with Crippen LogP contribution in [-0.4, -0.2) is 23.7 Å². The molecule has 0 saturated carbocycles. The van der Waals surface area contributed by atoms with Crippen LogP contribution in [0.1, 0.15) is 38.8 Å². The fourth-order valence-electron chi connectivity index (χ4n) is 3.29. The standard InChI is InChI=1S/C23H28N2O3/c1-4-27-21-11-10-19(16-22(21)28-5-2)17(3)24-23(26)13-15-25-14-12-18-8-6-7-9-20(18)25/h6-12,14,16-17H,4-5,13,15H2,1-3H3,(H,24,26)/t17-/m1/s1. The van der Waals surface area contributed by atoms with E-state index in [-0.39, 0.29) is 11.9 Å². The summed E-state index contributed by atoms with van der Waals surface area (Å²) in [6.07, 6.45) is 2.46. The van der Waals surface area contributed by atoms with E-state index in [1.165, 1.54) is 5.39 Å². The van der Waals surface area contributed by atoms with Gasteiger partial charge in [0.1, 0.15) is 0 Å². The van der Waals surface area contributed by atoms with Crippen LogP contribution in [0.3, 0.4) is 0 Å². The van der Waals surface area contributed by atoms with Gasteiger partial charge >= 0.3 is 0 Å². The topological polar surface area (TPSA) is 52.5 Å². The number of fused-ring (bicyclic) bond motifs is 1. The third-order valence-electron chi connectivity index (χ3n) is 4.70. The number of ether oxygens (including phenoxy) is 2. The number of amides is 1. The summed E-state index contributed by atoms with van der Waals surface area (Å²) in [7, 11) is 0. The number of para-hydroxylation sites is 1. The first-order chi connectivity index (χ1) is 13.6. The van der Waals surface area contributed by atoms with Gasteiger partial charge in [-0.3, -0.25) is 4.79 Å². The van der Waals surface area contributed by atoms with E-state index < -0.39 is 0 Å². The molecule has 5 heteroatoms. The van der Waals surface area contributed by atoms with Crippen molar-refractivity contribution in [3.05, 3.63) is 60.3 Å². The number of benzene rings is 2. The molecule has 0 bridgehead atoms. The third kappa shape index (κ3) is 4.66. The lowest BCUT2D eigenvalue weighted by Gasteiger charge is -2.18. The largest absolute Gasteiger partial charge is 0.490 e. The maximum absolute atomic E-state index is 12.5. The quantitative estimate of drug-likeness (QED) is 0.585. The molecule has 1 heterocycles. The highest BCUT2D eigenvalue weighted by molar-refractivity contribution is 5.80. The van der Waals surface area contributed by atoms with Gasteiger partial charge in [0, 0.05) is 24.7 Å². The van der Waals surface area contributed by atoms with Gasteiger partial charge in [-0.15, -0.1) is 0 Å². The van der Waals surface area contributed by atoms with Crippen molar-refractivity contribution in [1.29, 1.82) is 0 Å². The van der Waals surface area contributed by atoms with Crippen molar-refractivity contribution in [2.24, 2.45) is 0 Å². The molecular formula is C23H28N2O3. The molecule has 0 radical (unpaired) electrons. The molecule has 0 aliphatic heterocycles. The number of nitrogens with zero attached hydrogens (tertiary/aromatic N) is 1. The fourth-order valence-corrected chi connectivity index (χ4v) is 3.29. The molecule has 148 valence electrons. The van der Waals surface area contributed by atoms with E-state index in [9.17, 15) is 4.79 Å². The minimum Gasteiger partial charge on any atom is -0.490 e. The smallest absolute Gasteiger partial charge is 0.222 e. The number of hydrogen-bond donors (Lipinski definition) is 1. The van der Waals surface area contributed by atoms with Crippen molar-refractivity contribution in [1.82, 2.24) is 9.88 Å². The molecule has 0 aliphatic rings. The van der Waals surface area contributed by atoms with Crippen molar-refractivity contribution < 1.29 is 14.3 Å². The number of carbonyl (C=O) groups is 1. The van der Waals surface area contributed by atoms with Crippen molar-refractivity contribution in [2.75, 3.05) is 13.2 Å². The van der Waals surface area contributed by atoms with Gasteiger partial charge in [0.05, 0.1) is 19.3 Å². The van der Waals surface area contributed by atoms with E-state index in [0.717, 1.165) is 16.8 Å². The summed E-state index contributed by atoms with van der Waals surface area (Å²) in [5, 5.41) is 4.27. The van der Waals surface area contributed by atoms with Gasteiger partial charge in [-0.05, 0) is 56.0 Å². The van der Waals surface area contributed by atoms with E-state index in [2.05, 4.69) is 28.1 Å². The normalized spacial score (nSPS) is 12.0. The van der Waals surface area contributed by atoms with Gasteiger partial charge in [-0.2, -0.15) is 0 Å². The predicted octanol–water partition coefficient (Wildman–Crippen LogP) is 4.71. The number of aromatic nitrogens is 1. The Morgan fingerprint density at radius 2 is 1.79 bits per heavy atom. The van der Waals surface area contributed by atoms with E-state index in [0.29, 0.717) is 31.9 Å². The van der Waals surface area contributed by atoms with E-state index in [1.54, 1.807) is 0 Å². The second kappa shape index (κ2) is 9.31. The van der Waals surface area contributed by atoms with Gasteiger partial charge < -0.3 is 19.4 Å². The average molecular weight is 380 g/mol. The molecular weight excluding hydrogens is 352 g/mol. The molecule has 3 aromatic rings. The minimum absolute atomic E-state index is 0.0251. The molecule has 2 aromatic carbocycles. The molecule has 3 rings (SSSR count). The molecule has 0 fully saturated rings. The molecule has 0 spiro atoms. The van der Waals surface area contributed by atoms with Crippen LogP contribution in [0.4, 0.5) is 0 Å². The van der Waals surface area contributed by atoms with Crippen molar-refractivity contribution >= 4 is 16.8 Å². The van der Waals surface area contributed by atoms with Crippen LogP contribution in [-0.2, 0) is 11.3 Å². The molecule has 1 aromatic heterocycles. The SMILES string of the molecule is CCOc1ccc([C@@H](C)NC(=O)CCn2ccc3ccccc32)cc1OCC.